The van der Waals surface area contributed by atoms with Crippen LogP contribution in [0.2, 0.25) is 0 Å². The minimum Gasteiger partial charge on any atom is -0.464 e. The highest BCUT2D eigenvalue weighted by molar-refractivity contribution is 5.97. The van der Waals surface area contributed by atoms with E-state index in [0.717, 1.165) is 19.3 Å². The fraction of sp³-hybridized carbons (Fsp3) is 0.348. The van der Waals surface area contributed by atoms with Crippen LogP contribution in [0.1, 0.15) is 47.1 Å². The zero-order chi connectivity index (χ0) is 21.1. The molecule has 2 aromatic carbocycles. The van der Waals surface area contributed by atoms with E-state index in [1.807, 2.05) is 12.1 Å². The first-order valence-corrected chi connectivity index (χ1v) is 10.3. The summed E-state index contributed by atoms with van der Waals surface area (Å²) >= 11 is 0. The van der Waals surface area contributed by atoms with Crippen LogP contribution in [-0.2, 0) is 28.8 Å². The van der Waals surface area contributed by atoms with Crippen LogP contribution in [0, 0.1) is 5.82 Å². The Morgan fingerprint density at radius 2 is 1.97 bits per heavy atom. The number of H-pyrrole nitrogens is 1. The second kappa shape index (κ2) is 8.65. The van der Waals surface area contributed by atoms with Gasteiger partial charge in [-0.05, 0) is 74.1 Å². The van der Waals surface area contributed by atoms with Gasteiger partial charge in [0.2, 0.25) is 0 Å². The Kier molecular flexibility index (Phi) is 5.79. The van der Waals surface area contributed by atoms with Crippen LogP contribution in [0.4, 0.5) is 4.39 Å². The van der Waals surface area contributed by atoms with Crippen LogP contribution in [0.15, 0.2) is 36.4 Å². The summed E-state index contributed by atoms with van der Waals surface area (Å²) in [5, 5.41) is 2.78. The van der Waals surface area contributed by atoms with Gasteiger partial charge in [0.25, 0.3) is 5.91 Å². The number of nitrogens with one attached hydrogen (secondary N) is 2. The lowest BCUT2D eigenvalue weighted by Gasteiger charge is -2.19. The number of esters is 1. The van der Waals surface area contributed by atoms with Crippen molar-refractivity contribution in [1.29, 1.82) is 0 Å². The first-order chi connectivity index (χ1) is 14.5. The number of carbonyl (C=O) groups excluding carboxylic acids is 2. The fourth-order valence-electron chi connectivity index (χ4n) is 3.88. The molecule has 0 saturated carbocycles. The lowest BCUT2D eigenvalue weighted by atomic mass is 9.90. The van der Waals surface area contributed by atoms with Crippen molar-refractivity contribution in [3.8, 4) is 0 Å². The number of hydrogen-bond donors (Lipinski definition) is 2. The lowest BCUT2D eigenvalue weighted by molar-refractivity contribution is -0.145. The molecule has 0 radical (unpaired) electrons. The third-order valence-corrected chi connectivity index (χ3v) is 5.38. The first-order valence-electron chi connectivity index (χ1n) is 10.3. The molecule has 1 heterocycles. The number of aryl methyl sites for hydroxylation is 2. The summed E-state index contributed by atoms with van der Waals surface area (Å²) in [5.74, 6) is -0.765. The summed E-state index contributed by atoms with van der Waals surface area (Å²) < 4.78 is 18.6. The lowest BCUT2D eigenvalue weighted by Crippen LogP contribution is -2.43. The number of imidazole rings is 1. The number of fused-ring (bicyclic) bond motifs is 2. The monoisotopic (exact) mass is 409 g/mol. The van der Waals surface area contributed by atoms with Crippen LogP contribution in [0.25, 0.3) is 11.0 Å². The minimum absolute atomic E-state index is 0.117. The number of amides is 1. The Labute approximate surface area is 173 Å². The molecular weight excluding hydrogens is 385 g/mol. The smallest absolute Gasteiger partial charge is 0.329 e. The van der Waals surface area contributed by atoms with Gasteiger partial charge >= 0.3 is 5.97 Å². The number of carbonyl (C=O) groups is 2. The number of aromatic amines is 1. The Bertz CT molecular complexity index is 1090. The molecule has 0 fully saturated rings. The molecule has 1 aliphatic rings. The number of nitrogens with zero attached hydrogens (tertiary/aromatic N) is 1. The maximum absolute atomic E-state index is 13.4. The predicted molar refractivity (Wildman–Crippen MR) is 111 cm³/mol. The van der Waals surface area contributed by atoms with Crippen molar-refractivity contribution in [2.75, 3.05) is 6.61 Å². The number of benzene rings is 2. The van der Waals surface area contributed by atoms with Crippen molar-refractivity contribution >= 4 is 22.9 Å². The van der Waals surface area contributed by atoms with Crippen LogP contribution >= 0.6 is 0 Å². The molecule has 1 unspecified atom stereocenters. The molecule has 1 amide bonds. The van der Waals surface area contributed by atoms with Gasteiger partial charge in [-0.3, -0.25) is 4.79 Å². The molecule has 6 nitrogen and oxygen atoms in total. The topological polar surface area (TPSA) is 84.1 Å². The van der Waals surface area contributed by atoms with Crippen molar-refractivity contribution in [3.05, 3.63) is 64.7 Å². The molecule has 0 bridgehead atoms. The number of halogens is 1. The first kappa shape index (κ1) is 20.1. The van der Waals surface area contributed by atoms with Gasteiger partial charge in [0.1, 0.15) is 17.7 Å². The van der Waals surface area contributed by atoms with E-state index in [-0.39, 0.29) is 24.8 Å². The van der Waals surface area contributed by atoms with Gasteiger partial charge in [0.15, 0.2) is 0 Å². The van der Waals surface area contributed by atoms with Gasteiger partial charge in [-0.2, -0.15) is 0 Å². The van der Waals surface area contributed by atoms with Gasteiger partial charge in [0.05, 0.1) is 17.6 Å². The number of hydrogen-bond acceptors (Lipinski definition) is 4. The highest BCUT2D eigenvalue weighted by Crippen LogP contribution is 2.22. The summed E-state index contributed by atoms with van der Waals surface area (Å²) in [6.07, 6.45) is 4.41. The third-order valence-electron chi connectivity index (χ3n) is 5.38. The van der Waals surface area contributed by atoms with E-state index < -0.39 is 12.0 Å². The van der Waals surface area contributed by atoms with Gasteiger partial charge in [0, 0.05) is 12.0 Å². The van der Waals surface area contributed by atoms with Crippen molar-refractivity contribution in [2.45, 2.75) is 45.1 Å². The van der Waals surface area contributed by atoms with Crippen LogP contribution in [0.5, 0.6) is 0 Å². The molecule has 1 aromatic heterocycles. The Hall–Kier alpha value is -3.22. The van der Waals surface area contributed by atoms with E-state index in [2.05, 4.69) is 15.3 Å². The zero-order valence-electron chi connectivity index (χ0n) is 16.8. The highest BCUT2D eigenvalue weighted by Gasteiger charge is 2.25. The molecule has 3 aromatic rings. The molecule has 30 heavy (non-hydrogen) atoms. The number of ether oxygens (including phenoxy) is 1. The van der Waals surface area contributed by atoms with E-state index in [1.54, 1.807) is 19.1 Å². The Balaban J connectivity index is 1.54. The molecule has 4 rings (SSSR count). The molecule has 156 valence electrons. The van der Waals surface area contributed by atoms with Gasteiger partial charge in [-0.15, -0.1) is 0 Å². The molecule has 0 saturated heterocycles. The molecule has 0 aliphatic heterocycles. The molecular formula is C23H24FN3O3. The van der Waals surface area contributed by atoms with Crippen molar-refractivity contribution < 1.29 is 18.7 Å². The average molecular weight is 409 g/mol. The van der Waals surface area contributed by atoms with Crippen molar-refractivity contribution in [3.63, 3.8) is 0 Å². The van der Waals surface area contributed by atoms with Crippen molar-refractivity contribution in [1.82, 2.24) is 15.3 Å². The summed E-state index contributed by atoms with van der Waals surface area (Å²) in [5.41, 5.74) is 4.13. The Morgan fingerprint density at radius 1 is 1.17 bits per heavy atom. The van der Waals surface area contributed by atoms with Crippen LogP contribution in [0.3, 0.4) is 0 Å². The second-order valence-electron chi connectivity index (χ2n) is 7.52. The van der Waals surface area contributed by atoms with Crippen LogP contribution < -0.4 is 5.32 Å². The van der Waals surface area contributed by atoms with Crippen molar-refractivity contribution in [2.24, 2.45) is 0 Å². The SMILES string of the molecule is CCOC(=O)C(Cc1nc2ccc(F)cc2[nH]1)NC(=O)c1ccc2c(c1)CCCC2. The summed E-state index contributed by atoms with van der Waals surface area (Å²) in [4.78, 5) is 32.7. The van der Waals surface area contributed by atoms with Gasteiger partial charge in [-0.1, -0.05) is 6.07 Å². The zero-order valence-corrected chi connectivity index (χ0v) is 16.8. The summed E-state index contributed by atoms with van der Waals surface area (Å²) in [6.45, 7) is 1.92. The normalized spacial score (nSPS) is 14.2. The quantitative estimate of drug-likeness (QED) is 0.611. The maximum atomic E-state index is 13.4. The molecule has 0 spiro atoms. The molecule has 2 N–H and O–H groups in total. The summed E-state index contributed by atoms with van der Waals surface area (Å²) in [7, 11) is 0. The van der Waals surface area contributed by atoms with E-state index in [1.165, 1.54) is 29.7 Å². The molecule has 7 heteroatoms. The predicted octanol–water partition coefficient (Wildman–Crippen LogP) is 3.49. The summed E-state index contributed by atoms with van der Waals surface area (Å²) in [6, 6.07) is 9.04. The maximum Gasteiger partial charge on any atom is 0.329 e. The van der Waals surface area contributed by atoms with E-state index in [9.17, 15) is 14.0 Å². The van der Waals surface area contributed by atoms with E-state index in [0.29, 0.717) is 22.4 Å². The van der Waals surface area contributed by atoms with Gasteiger partial charge in [-0.25, -0.2) is 14.2 Å². The molecule has 1 aliphatic carbocycles. The van der Waals surface area contributed by atoms with Crippen LogP contribution in [-0.4, -0.2) is 34.5 Å². The fourth-order valence-corrected chi connectivity index (χ4v) is 3.88. The standard InChI is InChI=1S/C23H24FN3O3/c1-2-30-23(29)20(13-21-25-18-10-9-17(24)12-19(18)26-21)27-22(28)16-8-7-14-5-3-4-6-15(14)11-16/h7-12,20H,2-6,13H2,1H3,(H,25,26)(H,27,28). The highest BCUT2D eigenvalue weighted by atomic mass is 19.1. The second-order valence-corrected chi connectivity index (χ2v) is 7.52. The average Bonchev–Trinajstić information content (AvgIpc) is 3.14. The van der Waals surface area contributed by atoms with Gasteiger partial charge < -0.3 is 15.0 Å². The number of rotatable bonds is 6. The minimum atomic E-state index is -0.904. The Morgan fingerprint density at radius 3 is 2.77 bits per heavy atom. The third kappa shape index (κ3) is 4.35. The van der Waals surface area contributed by atoms with E-state index >= 15 is 0 Å². The van der Waals surface area contributed by atoms with E-state index in [4.69, 9.17) is 4.74 Å². The molecule has 1 atom stereocenters. The number of aromatic nitrogens is 2. The largest absolute Gasteiger partial charge is 0.464 e.